The first-order chi connectivity index (χ1) is 9.20. The van der Waals surface area contributed by atoms with Crippen LogP contribution < -0.4 is 4.74 Å². The van der Waals surface area contributed by atoms with Gasteiger partial charge in [-0.05, 0) is 42.8 Å². The molecule has 0 fully saturated rings. The third-order valence-corrected chi connectivity index (χ3v) is 3.59. The number of carbonyl (C=O) groups is 1. The molecule has 1 heterocycles. The standard InChI is InChI=1S/C14H17BrFNO3/c1-14(2,3)20-13(18)17(4)10-7-19-12-8(10)5-6-9(15)11(12)16/h5-6,10H,7H2,1-4H3/t10-/m1/s1. The van der Waals surface area contributed by atoms with Crippen LogP contribution in [0.2, 0.25) is 0 Å². The van der Waals surface area contributed by atoms with Crippen LogP contribution in [0.15, 0.2) is 16.6 Å². The lowest BCUT2D eigenvalue weighted by Gasteiger charge is -2.27. The Labute approximate surface area is 126 Å². The average Bonchev–Trinajstić information content (AvgIpc) is 2.75. The van der Waals surface area contributed by atoms with Crippen LogP contribution in [0.1, 0.15) is 32.4 Å². The van der Waals surface area contributed by atoms with Gasteiger partial charge in [0.05, 0.1) is 10.5 Å². The Bertz CT molecular complexity index is 542. The topological polar surface area (TPSA) is 38.8 Å². The van der Waals surface area contributed by atoms with E-state index in [1.54, 1.807) is 40.0 Å². The maximum atomic E-state index is 13.9. The minimum atomic E-state index is -0.571. The molecule has 0 bridgehead atoms. The lowest BCUT2D eigenvalue weighted by molar-refractivity contribution is 0.0201. The van der Waals surface area contributed by atoms with Crippen molar-refractivity contribution in [1.29, 1.82) is 0 Å². The number of nitrogens with zero attached hydrogens (tertiary/aromatic N) is 1. The number of benzene rings is 1. The predicted molar refractivity (Wildman–Crippen MR) is 76.3 cm³/mol. The van der Waals surface area contributed by atoms with E-state index in [9.17, 15) is 9.18 Å². The number of rotatable bonds is 1. The largest absolute Gasteiger partial charge is 0.488 e. The molecule has 0 radical (unpaired) electrons. The summed E-state index contributed by atoms with van der Waals surface area (Å²) in [4.78, 5) is 13.5. The highest BCUT2D eigenvalue weighted by Gasteiger charge is 2.34. The van der Waals surface area contributed by atoms with Gasteiger partial charge in [0, 0.05) is 12.6 Å². The molecule has 0 aromatic heterocycles. The Morgan fingerprint density at radius 1 is 1.50 bits per heavy atom. The Balaban J connectivity index is 2.22. The molecular formula is C14H17BrFNO3. The first-order valence-electron chi connectivity index (χ1n) is 6.27. The minimum absolute atomic E-state index is 0.194. The molecule has 6 heteroatoms. The highest BCUT2D eigenvalue weighted by Crippen LogP contribution is 2.40. The quantitative estimate of drug-likeness (QED) is 0.774. The average molecular weight is 346 g/mol. The summed E-state index contributed by atoms with van der Waals surface area (Å²) in [7, 11) is 1.62. The van der Waals surface area contributed by atoms with E-state index in [4.69, 9.17) is 9.47 Å². The summed E-state index contributed by atoms with van der Waals surface area (Å²) in [5, 5.41) is 0. The number of ether oxygens (including phenoxy) is 2. The fraction of sp³-hybridized carbons (Fsp3) is 0.500. The number of amides is 1. The van der Waals surface area contributed by atoms with Crippen molar-refractivity contribution in [1.82, 2.24) is 4.90 Å². The normalized spacial score (nSPS) is 17.4. The molecule has 1 aromatic carbocycles. The molecule has 0 saturated heterocycles. The maximum Gasteiger partial charge on any atom is 0.410 e. The number of carbonyl (C=O) groups excluding carboxylic acids is 1. The summed E-state index contributed by atoms with van der Waals surface area (Å²) >= 11 is 3.11. The Hall–Kier alpha value is -1.30. The third kappa shape index (κ3) is 2.90. The lowest BCUT2D eigenvalue weighted by Crippen LogP contribution is -2.37. The van der Waals surface area contributed by atoms with E-state index in [0.29, 0.717) is 10.0 Å². The van der Waals surface area contributed by atoms with Gasteiger partial charge in [0.1, 0.15) is 12.2 Å². The van der Waals surface area contributed by atoms with E-state index in [-0.39, 0.29) is 18.4 Å². The van der Waals surface area contributed by atoms with Gasteiger partial charge in [-0.25, -0.2) is 9.18 Å². The van der Waals surface area contributed by atoms with Crippen LogP contribution in [-0.2, 0) is 4.74 Å². The molecule has 1 aliphatic rings. The van der Waals surface area contributed by atoms with Crippen molar-refractivity contribution in [3.05, 3.63) is 28.0 Å². The van der Waals surface area contributed by atoms with Crippen LogP contribution in [0.4, 0.5) is 9.18 Å². The maximum absolute atomic E-state index is 13.9. The number of likely N-dealkylation sites (N-methyl/N-ethyl adjacent to an activating group) is 1. The second kappa shape index (κ2) is 5.24. The van der Waals surface area contributed by atoms with Crippen molar-refractivity contribution in [2.75, 3.05) is 13.7 Å². The molecule has 110 valence electrons. The van der Waals surface area contributed by atoms with E-state index in [0.717, 1.165) is 0 Å². The van der Waals surface area contributed by atoms with Gasteiger partial charge in [0.15, 0.2) is 11.6 Å². The molecule has 2 rings (SSSR count). The van der Waals surface area contributed by atoms with Gasteiger partial charge in [-0.1, -0.05) is 6.07 Å². The molecule has 1 amide bonds. The van der Waals surface area contributed by atoms with Gasteiger partial charge < -0.3 is 14.4 Å². The smallest absolute Gasteiger partial charge is 0.410 e. The summed E-state index contributed by atoms with van der Waals surface area (Å²) in [6.45, 7) is 5.62. The molecule has 4 nitrogen and oxygen atoms in total. The van der Waals surface area contributed by atoms with Crippen molar-refractivity contribution in [2.45, 2.75) is 32.4 Å². The SMILES string of the molecule is CN(C(=O)OC(C)(C)C)[C@@H]1COc2c1ccc(Br)c2F. The zero-order valence-electron chi connectivity index (χ0n) is 11.9. The highest BCUT2D eigenvalue weighted by molar-refractivity contribution is 9.10. The van der Waals surface area contributed by atoms with Crippen molar-refractivity contribution in [3.8, 4) is 5.75 Å². The number of hydrogen-bond acceptors (Lipinski definition) is 3. The molecule has 0 aliphatic carbocycles. The van der Waals surface area contributed by atoms with E-state index in [1.165, 1.54) is 4.90 Å². The molecule has 0 N–H and O–H groups in total. The molecule has 1 aromatic rings. The van der Waals surface area contributed by atoms with E-state index in [2.05, 4.69) is 15.9 Å². The van der Waals surface area contributed by atoms with Crippen molar-refractivity contribution >= 4 is 22.0 Å². The fourth-order valence-electron chi connectivity index (χ4n) is 1.99. The van der Waals surface area contributed by atoms with Crippen LogP contribution in [0.25, 0.3) is 0 Å². The Morgan fingerprint density at radius 3 is 2.75 bits per heavy atom. The van der Waals surface area contributed by atoms with Gasteiger partial charge in [0.2, 0.25) is 0 Å². The number of hydrogen-bond donors (Lipinski definition) is 0. The molecule has 0 spiro atoms. The lowest BCUT2D eigenvalue weighted by atomic mass is 10.1. The zero-order valence-corrected chi connectivity index (χ0v) is 13.5. The first kappa shape index (κ1) is 15.1. The van der Waals surface area contributed by atoms with Crippen LogP contribution in [0.5, 0.6) is 5.75 Å². The van der Waals surface area contributed by atoms with Crippen molar-refractivity contribution in [2.24, 2.45) is 0 Å². The summed E-state index contributed by atoms with van der Waals surface area (Å²) in [6.07, 6.45) is -0.456. The second-order valence-corrected chi connectivity index (χ2v) is 6.55. The van der Waals surface area contributed by atoms with Crippen LogP contribution in [0.3, 0.4) is 0 Å². The van der Waals surface area contributed by atoms with Gasteiger partial charge >= 0.3 is 6.09 Å². The summed E-state index contributed by atoms with van der Waals surface area (Å²) < 4.78 is 24.9. The van der Waals surface area contributed by atoms with E-state index in [1.807, 2.05) is 0 Å². The highest BCUT2D eigenvalue weighted by atomic mass is 79.9. The van der Waals surface area contributed by atoms with Gasteiger partial charge in [-0.3, -0.25) is 0 Å². The molecule has 1 atom stereocenters. The molecule has 20 heavy (non-hydrogen) atoms. The van der Waals surface area contributed by atoms with Gasteiger partial charge in [0.25, 0.3) is 0 Å². The second-order valence-electron chi connectivity index (χ2n) is 5.70. The molecule has 1 aliphatic heterocycles. The Morgan fingerprint density at radius 2 is 2.15 bits per heavy atom. The van der Waals surface area contributed by atoms with Crippen LogP contribution in [-0.4, -0.2) is 30.2 Å². The van der Waals surface area contributed by atoms with Gasteiger partial charge in [-0.15, -0.1) is 0 Å². The summed E-state index contributed by atoms with van der Waals surface area (Å²) in [6, 6.07) is 3.02. The monoisotopic (exact) mass is 345 g/mol. The third-order valence-electron chi connectivity index (χ3n) is 2.97. The van der Waals surface area contributed by atoms with E-state index < -0.39 is 17.5 Å². The van der Waals surface area contributed by atoms with Crippen molar-refractivity contribution < 1.29 is 18.7 Å². The van der Waals surface area contributed by atoms with Crippen LogP contribution >= 0.6 is 15.9 Å². The van der Waals surface area contributed by atoms with Gasteiger partial charge in [-0.2, -0.15) is 0 Å². The first-order valence-corrected chi connectivity index (χ1v) is 7.06. The molecular weight excluding hydrogens is 329 g/mol. The summed E-state index contributed by atoms with van der Waals surface area (Å²) in [5.41, 5.74) is 0.0811. The van der Waals surface area contributed by atoms with E-state index >= 15 is 0 Å². The zero-order chi connectivity index (χ0) is 15.1. The number of halogens is 2. The molecule has 0 unspecified atom stereocenters. The van der Waals surface area contributed by atoms with Crippen molar-refractivity contribution in [3.63, 3.8) is 0 Å². The summed E-state index contributed by atoms with van der Waals surface area (Å²) in [5.74, 6) is -0.248. The minimum Gasteiger partial charge on any atom is -0.488 e. The fourth-order valence-corrected chi connectivity index (χ4v) is 2.30. The number of fused-ring (bicyclic) bond motifs is 1. The molecule has 0 saturated carbocycles. The van der Waals surface area contributed by atoms with Crippen LogP contribution in [0, 0.1) is 5.82 Å². The predicted octanol–water partition coefficient (Wildman–Crippen LogP) is 3.89. The Kier molecular flexibility index (Phi) is 3.95.